The number of rotatable bonds is 6. The van der Waals surface area contributed by atoms with Crippen molar-refractivity contribution in [1.29, 1.82) is 0 Å². The average molecular weight is 545 g/mol. The third kappa shape index (κ3) is 5.05. The summed E-state index contributed by atoms with van der Waals surface area (Å²) in [6.07, 6.45) is 2.35. The maximum absolute atomic E-state index is 14.6. The van der Waals surface area contributed by atoms with Crippen LogP contribution >= 0.6 is 22.7 Å². The summed E-state index contributed by atoms with van der Waals surface area (Å²) in [6.45, 7) is 3.82. The molecule has 190 valence electrons. The number of hydrogen-bond acceptors (Lipinski definition) is 3. The van der Waals surface area contributed by atoms with Crippen molar-refractivity contribution in [2.75, 3.05) is 0 Å². The van der Waals surface area contributed by atoms with Gasteiger partial charge in [0.1, 0.15) is 17.5 Å². The van der Waals surface area contributed by atoms with Gasteiger partial charge in [0, 0.05) is 31.0 Å². The zero-order valence-corrected chi connectivity index (χ0v) is 22.5. The summed E-state index contributed by atoms with van der Waals surface area (Å²) in [6, 6.07) is 18.5. The first-order chi connectivity index (χ1) is 18.4. The number of aryl methyl sites for hydroxylation is 1. The molecule has 0 unspecified atom stereocenters. The molecule has 0 aliphatic carbocycles. The zero-order valence-electron chi connectivity index (χ0n) is 20.8. The van der Waals surface area contributed by atoms with Crippen molar-refractivity contribution in [3.05, 3.63) is 105 Å². The minimum absolute atomic E-state index is 0.197. The Morgan fingerprint density at radius 1 is 0.816 bits per heavy atom. The fourth-order valence-electron chi connectivity index (χ4n) is 4.46. The summed E-state index contributed by atoms with van der Waals surface area (Å²) in [4.78, 5) is 12.9. The molecule has 0 bridgehead atoms. The van der Waals surface area contributed by atoms with Crippen molar-refractivity contribution in [3.63, 3.8) is 0 Å². The molecular formula is C32H23F3OS2. The third-order valence-corrected chi connectivity index (χ3v) is 8.66. The van der Waals surface area contributed by atoms with Crippen LogP contribution in [0.15, 0.2) is 60.7 Å². The smallest absolute Gasteiger partial charge is 0.155 e. The van der Waals surface area contributed by atoms with Gasteiger partial charge in [-0.25, -0.2) is 13.2 Å². The zero-order chi connectivity index (χ0) is 26.8. The van der Waals surface area contributed by atoms with Crippen LogP contribution in [0.1, 0.15) is 52.2 Å². The molecule has 0 spiro atoms. The molecular weight excluding hydrogens is 521 g/mol. The molecule has 0 saturated heterocycles. The van der Waals surface area contributed by atoms with Crippen LogP contribution in [0.25, 0.3) is 31.0 Å². The normalized spacial score (nSPS) is 11.0. The first-order valence-electron chi connectivity index (χ1n) is 12.3. The van der Waals surface area contributed by atoms with Gasteiger partial charge in [-0.3, -0.25) is 4.79 Å². The van der Waals surface area contributed by atoms with Gasteiger partial charge in [-0.2, -0.15) is 0 Å². The quantitative estimate of drug-likeness (QED) is 0.154. The molecule has 0 atom stereocenters. The fourth-order valence-corrected chi connectivity index (χ4v) is 6.72. The van der Waals surface area contributed by atoms with E-state index < -0.39 is 17.2 Å². The van der Waals surface area contributed by atoms with Crippen molar-refractivity contribution < 1.29 is 18.0 Å². The van der Waals surface area contributed by atoms with Gasteiger partial charge in [-0.1, -0.05) is 68.5 Å². The number of hydrogen-bond donors (Lipinski definition) is 0. The molecule has 2 aromatic heterocycles. The predicted molar refractivity (Wildman–Crippen MR) is 152 cm³/mol. The van der Waals surface area contributed by atoms with Crippen LogP contribution in [0, 0.1) is 29.3 Å². The largest absolute Gasteiger partial charge is 0.298 e. The number of benzene rings is 3. The van der Waals surface area contributed by atoms with Crippen molar-refractivity contribution in [2.24, 2.45) is 0 Å². The van der Waals surface area contributed by atoms with E-state index in [9.17, 15) is 18.0 Å². The molecule has 0 aliphatic heterocycles. The molecule has 2 heterocycles. The first-order valence-corrected chi connectivity index (χ1v) is 14.0. The van der Waals surface area contributed by atoms with E-state index in [0.717, 1.165) is 54.8 Å². The van der Waals surface area contributed by atoms with Crippen LogP contribution in [0.4, 0.5) is 13.2 Å². The molecule has 5 aromatic rings. The lowest BCUT2D eigenvalue weighted by Gasteiger charge is -2.07. The molecule has 0 N–H and O–H groups in total. The Morgan fingerprint density at radius 2 is 1.55 bits per heavy atom. The van der Waals surface area contributed by atoms with Crippen molar-refractivity contribution in [3.8, 4) is 33.4 Å². The van der Waals surface area contributed by atoms with Crippen molar-refractivity contribution in [2.45, 2.75) is 33.1 Å². The van der Waals surface area contributed by atoms with E-state index in [4.69, 9.17) is 0 Å². The molecule has 0 aliphatic rings. The maximum Gasteiger partial charge on any atom is 0.155 e. The Balaban J connectivity index is 1.38. The Morgan fingerprint density at radius 3 is 2.21 bits per heavy atom. The lowest BCUT2D eigenvalue weighted by Crippen LogP contribution is -2.02. The highest BCUT2D eigenvalue weighted by atomic mass is 32.1. The van der Waals surface area contributed by atoms with E-state index in [1.165, 1.54) is 11.3 Å². The van der Waals surface area contributed by atoms with Gasteiger partial charge >= 0.3 is 0 Å². The van der Waals surface area contributed by atoms with E-state index in [-0.39, 0.29) is 23.2 Å². The Bertz CT molecular complexity index is 1680. The fraction of sp³-hybridized carbons (Fsp3) is 0.156. The van der Waals surface area contributed by atoms with Crippen molar-refractivity contribution >= 4 is 38.4 Å². The molecule has 0 saturated carbocycles. The van der Waals surface area contributed by atoms with E-state index in [2.05, 4.69) is 24.8 Å². The van der Waals surface area contributed by atoms with Crippen LogP contribution in [0.5, 0.6) is 0 Å². The van der Waals surface area contributed by atoms with Crippen LogP contribution in [0.3, 0.4) is 0 Å². The summed E-state index contributed by atoms with van der Waals surface area (Å²) < 4.78 is 45.4. The number of thiophene rings is 2. The summed E-state index contributed by atoms with van der Waals surface area (Å²) in [7, 11) is 0. The molecule has 0 amide bonds. The van der Waals surface area contributed by atoms with Crippen LogP contribution in [-0.4, -0.2) is 6.29 Å². The van der Waals surface area contributed by atoms with Crippen molar-refractivity contribution in [1.82, 2.24) is 0 Å². The molecule has 0 radical (unpaired) electrons. The molecule has 0 fully saturated rings. The molecule has 38 heavy (non-hydrogen) atoms. The number of halogens is 3. The lowest BCUT2D eigenvalue weighted by atomic mass is 10.00. The molecule has 1 nitrogen and oxygen atoms in total. The van der Waals surface area contributed by atoms with Gasteiger partial charge in [0.05, 0.1) is 10.4 Å². The number of fused-ring (bicyclic) bond motifs is 1. The second-order valence-corrected chi connectivity index (χ2v) is 11.1. The van der Waals surface area contributed by atoms with Gasteiger partial charge < -0.3 is 0 Å². The highest BCUT2D eigenvalue weighted by Crippen LogP contribution is 2.39. The van der Waals surface area contributed by atoms with E-state index in [1.807, 2.05) is 42.5 Å². The Hall–Kier alpha value is -3.66. The van der Waals surface area contributed by atoms with Crippen LogP contribution in [0.2, 0.25) is 0 Å². The number of aldehydes is 1. The van der Waals surface area contributed by atoms with Gasteiger partial charge in [0.25, 0.3) is 0 Å². The minimum atomic E-state index is -0.905. The SMILES string of the molecule is CCCc1ccc(-c2ccc(-c3cc4sc(C#Cc5cc(F)c(C=O)c(F)c5CC)cc4s3)cc2)c(F)c1. The first kappa shape index (κ1) is 26.0. The average Bonchev–Trinajstić information content (AvgIpc) is 3.47. The predicted octanol–water partition coefficient (Wildman–Crippen LogP) is 9.44. The minimum Gasteiger partial charge on any atom is -0.298 e. The maximum atomic E-state index is 14.6. The Labute approximate surface area is 227 Å². The molecule has 5 rings (SSSR count). The monoisotopic (exact) mass is 544 g/mol. The van der Waals surface area contributed by atoms with Gasteiger partial charge in [0.15, 0.2) is 6.29 Å². The highest BCUT2D eigenvalue weighted by molar-refractivity contribution is 7.29. The summed E-state index contributed by atoms with van der Waals surface area (Å²) in [5, 5.41) is 0. The number of carbonyl (C=O) groups is 1. The van der Waals surface area contributed by atoms with E-state index >= 15 is 0 Å². The second kappa shape index (κ2) is 11.0. The summed E-state index contributed by atoms with van der Waals surface area (Å²) in [5.74, 6) is 3.96. The summed E-state index contributed by atoms with van der Waals surface area (Å²) >= 11 is 3.14. The lowest BCUT2D eigenvalue weighted by molar-refractivity contribution is 0.111. The molecule has 6 heteroatoms. The Kier molecular flexibility index (Phi) is 7.51. The third-order valence-electron chi connectivity index (χ3n) is 6.41. The van der Waals surface area contributed by atoms with Crippen LogP contribution < -0.4 is 0 Å². The van der Waals surface area contributed by atoms with E-state index in [0.29, 0.717) is 12.0 Å². The number of carbonyl (C=O) groups excluding carboxylic acids is 1. The van der Waals surface area contributed by atoms with Crippen LogP contribution in [-0.2, 0) is 12.8 Å². The standard InChI is InChI=1S/C32H23F3OS2/c1-3-5-19-6-13-25(27(33)14-19)20-7-9-21(10-8-20)29-17-31-30(38-29)16-23(37-31)12-11-22-15-28(34)26(18-36)32(35)24(22)4-2/h6-10,13-18H,3-5H2,1-2H3. The topological polar surface area (TPSA) is 17.1 Å². The van der Waals surface area contributed by atoms with Gasteiger partial charge in [0.2, 0.25) is 0 Å². The van der Waals surface area contributed by atoms with E-state index in [1.54, 1.807) is 24.3 Å². The van der Waals surface area contributed by atoms with Gasteiger partial charge in [-0.05, 0) is 53.8 Å². The second-order valence-electron chi connectivity index (χ2n) is 8.92. The highest BCUT2D eigenvalue weighted by Gasteiger charge is 2.16. The molecule has 3 aromatic carbocycles. The summed E-state index contributed by atoms with van der Waals surface area (Å²) in [5.41, 5.74) is 3.42. The van der Waals surface area contributed by atoms with Gasteiger partial charge in [-0.15, -0.1) is 22.7 Å².